The molecule has 3 atom stereocenters. The van der Waals surface area contributed by atoms with E-state index in [4.69, 9.17) is 21.0 Å². The maximum Gasteiger partial charge on any atom is 0.249 e. The maximum absolute atomic E-state index is 14.5. The van der Waals surface area contributed by atoms with Gasteiger partial charge in [-0.2, -0.15) is 4.98 Å². The summed E-state index contributed by atoms with van der Waals surface area (Å²) < 4.78 is 22.2. The van der Waals surface area contributed by atoms with E-state index in [1.54, 1.807) is 41.4 Å². The van der Waals surface area contributed by atoms with Gasteiger partial charge in [-0.25, -0.2) is 9.37 Å². The van der Waals surface area contributed by atoms with E-state index >= 15 is 0 Å². The molecule has 13 nitrogen and oxygen atoms in total. The van der Waals surface area contributed by atoms with Gasteiger partial charge in [-0.3, -0.25) is 9.59 Å². The van der Waals surface area contributed by atoms with Crippen LogP contribution in [0.15, 0.2) is 53.4 Å². The normalized spacial score (nSPS) is 23.0. The second-order valence-corrected chi connectivity index (χ2v) is 17.0. The van der Waals surface area contributed by atoms with Gasteiger partial charge >= 0.3 is 0 Å². The lowest BCUT2D eigenvalue weighted by Gasteiger charge is -2.56. The number of halogens is 1. The van der Waals surface area contributed by atoms with Crippen LogP contribution < -0.4 is 22.1 Å². The van der Waals surface area contributed by atoms with E-state index in [-0.39, 0.29) is 35.7 Å². The van der Waals surface area contributed by atoms with Crippen LogP contribution in [0.1, 0.15) is 91.4 Å². The van der Waals surface area contributed by atoms with Gasteiger partial charge in [0.25, 0.3) is 0 Å². The average molecular weight is 766 g/mol. The van der Waals surface area contributed by atoms with Crippen LogP contribution in [0, 0.1) is 42.8 Å². The molecule has 56 heavy (non-hydrogen) atoms. The second-order valence-electron chi connectivity index (χ2n) is 17.0. The topological polar surface area (TPSA) is 203 Å². The number of aromatic nitrogens is 5. The Labute approximate surface area is 325 Å². The van der Waals surface area contributed by atoms with Gasteiger partial charge in [0.15, 0.2) is 11.8 Å². The highest BCUT2D eigenvalue weighted by molar-refractivity contribution is 5.90. The average Bonchev–Trinajstić information content (AvgIpc) is 3.88. The molecule has 8 N–H and O–H groups in total. The first kappa shape index (κ1) is 37.7. The number of imidazole rings is 1. The molecule has 4 aliphatic rings. The molecule has 4 saturated carbocycles. The number of amides is 2. The van der Waals surface area contributed by atoms with Crippen LogP contribution in [0.3, 0.4) is 0 Å². The number of carbonyl (C=O) groups is 2. The summed E-state index contributed by atoms with van der Waals surface area (Å²) in [5.74, 6) is 2.39. The lowest BCUT2D eigenvalue weighted by molar-refractivity contribution is -0.130. The van der Waals surface area contributed by atoms with Crippen LogP contribution in [0.2, 0.25) is 0 Å². The highest BCUT2D eigenvalue weighted by Crippen LogP contribution is 2.61. The fourth-order valence-corrected chi connectivity index (χ4v) is 10.5. The number of H-pyrrole nitrogens is 1. The fraction of sp³-hybridized carbons (Fsp3) is 0.500. The summed E-state index contributed by atoms with van der Waals surface area (Å²) in [7, 11) is 0. The van der Waals surface area contributed by atoms with Crippen LogP contribution in [-0.4, -0.2) is 53.7 Å². The number of benzene rings is 2. The van der Waals surface area contributed by atoms with Gasteiger partial charge in [-0.15, -0.1) is 0 Å². The monoisotopic (exact) mass is 765 g/mol. The van der Waals surface area contributed by atoms with E-state index in [0.29, 0.717) is 36.5 Å². The first-order chi connectivity index (χ1) is 26.9. The molecule has 4 fully saturated rings. The summed E-state index contributed by atoms with van der Waals surface area (Å²) in [6.07, 6.45) is 14.8. The number of nitrogens with zero attached hydrogens (tertiary/aromatic N) is 4. The largest absolute Gasteiger partial charge is 0.508 e. The summed E-state index contributed by atoms with van der Waals surface area (Å²) in [5.41, 5.74) is 16.4. The Kier molecular flexibility index (Phi) is 10.3. The molecule has 296 valence electrons. The number of carbonyl (C=O) groups excluding carboxylic acids is 2. The van der Waals surface area contributed by atoms with Gasteiger partial charge in [0.1, 0.15) is 23.7 Å². The van der Waals surface area contributed by atoms with Crippen molar-refractivity contribution >= 4 is 28.7 Å². The molecule has 2 aromatic carbocycles. The summed E-state index contributed by atoms with van der Waals surface area (Å²) in [5, 5.41) is 21.5. The molecule has 3 heterocycles. The molecule has 0 spiro atoms. The van der Waals surface area contributed by atoms with Crippen LogP contribution in [0.5, 0.6) is 5.75 Å². The second kappa shape index (κ2) is 15.4. The molecule has 3 unspecified atom stereocenters. The zero-order valence-electron chi connectivity index (χ0n) is 32.1. The van der Waals surface area contributed by atoms with Gasteiger partial charge < -0.3 is 41.3 Å². The van der Waals surface area contributed by atoms with Crippen molar-refractivity contribution < 1.29 is 23.6 Å². The predicted octanol–water partition coefficient (Wildman–Crippen LogP) is 5.49. The summed E-state index contributed by atoms with van der Waals surface area (Å²) in [4.78, 5) is 40.4. The number of phenols is 1. The minimum atomic E-state index is -1.04. The summed E-state index contributed by atoms with van der Waals surface area (Å²) in [6.45, 7) is 4.25. The van der Waals surface area contributed by atoms with Crippen molar-refractivity contribution in [3.63, 3.8) is 0 Å². The third kappa shape index (κ3) is 8.02. The van der Waals surface area contributed by atoms with E-state index in [9.17, 15) is 19.1 Å². The van der Waals surface area contributed by atoms with Gasteiger partial charge in [0.2, 0.25) is 17.7 Å². The highest BCUT2D eigenvalue weighted by atomic mass is 19.1. The number of nitrogens with two attached hydrogens (primary N) is 2. The molecule has 2 amide bonds. The predicted molar refractivity (Wildman–Crippen MR) is 209 cm³/mol. The van der Waals surface area contributed by atoms with Crippen molar-refractivity contribution in [1.29, 1.82) is 0 Å². The third-order valence-electron chi connectivity index (χ3n) is 12.7. The quantitative estimate of drug-likeness (QED) is 0.0797. The molecule has 9 rings (SSSR count). The standard InChI is InChI=1S/C42H52FN9O4/c1-23-10-30(53)11-24(2)31(23)17-35(48-38(54)33(44)4-3-8-52-9-7-46-41(52)45)39(55)49-36(15-28-22-47-34-6-5-29(43)16-32(28)34)40-50-37(51-56-40)21-42-18-25-12-26(19-42)14-27(13-25)20-42/h5-7,9-11,16,22,25-27,33,35-36,47,53H,3-4,8,12-15,17-21,44H2,1-2H3,(H2,45,46)(H,48,54)(H,49,55). The lowest BCUT2D eigenvalue weighted by Crippen LogP contribution is -2.53. The molecule has 5 aromatic rings. The number of rotatable bonds is 15. The van der Waals surface area contributed by atoms with E-state index < -0.39 is 29.9 Å². The molecule has 4 bridgehead atoms. The molecule has 0 radical (unpaired) electrons. The van der Waals surface area contributed by atoms with Crippen molar-refractivity contribution in [3.05, 3.63) is 88.7 Å². The fourth-order valence-electron chi connectivity index (χ4n) is 10.5. The van der Waals surface area contributed by atoms with Gasteiger partial charge in [-0.1, -0.05) is 5.16 Å². The van der Waals surface area contributed by atoms with Crippen LogP contribution in [0.25, 0.3) is 10.9 Å². The van der Waals surface area contributed by atoms with Crippen molar-refractivity contribution in [2.75, 3.05) is 5.73 Å². The van der Waals surface area contributed by atoms with Crippen LogP contribution >= 0.6 is 0 Å². The van der Waals surface area contributed by atoms with Crippen LogP contribution in [-0.2, 0) is 35.4 Å². The minimum Gasteiger partial charge on any atom is -0.508 e. The minimum absolute atomic E-state index is 0.116. The maximum atomic E-state index is 14.5. The number of aromatic hydroxyl groups is 1. The summed E-state index contributed by atoms with van der Waals surface area (Å²) in [6, 6.07) is 5.08. The Hall–Kier alpha value is -5.24. The zero-order valence-corrected chi connectivity index (χ0v) is 32.1. The number of hydrogen-bond acceptors (Lipinski definition) is 9. The number of nitrogen functional groups attached to an aromatic ring is 1. The third-order valence-corrected chi connectivity index (χ3v) is 12.7. The molecule has 0 aliphatic heterocycles. The molecule has 0 saturated heterocycles. The van der Waals surface area contributed by atoms with Gasteiger partial charge in [0.05, 0.1) is 6.04 Å². The number of aryl methyl sites for hydroxylation is 3. The zero-order chi connectivity index (χ0) is 39.1. The number of anilines is 1. The van der Waals surface area contributed by atoms with Crippen molar-refractivity contribution in [1.82, 2.24) is 35.3 Å². The number of nitrogens with one attached hydrogen (secondary N) is 3. The molecule has 14 heteroatoms. The van der Waals surface area contributed by atoms with E-state index in [2.05, 4.69) is 25.8 Å². The molecular weight excluding hydrogens is 714 g/mol. The molecular formula is C42H52FN9O4. The highest BCUT2D eigenvalue weighted by Gasteiger charge is 2.51. The van der Waals surface area contributed by atoms with E-state index in [1.165, 1.54) is 50.7 Å². The Morgan fingerprint density at radius 3 is 2.45 bits per heavy atom. The van der Waals surface area contributed by atoms with Gasteiger partial charge in [0, 0.05) is 55.3 Å². The van der Waals surface area contributed by atoms with Crippen molar-refractivity contribution in [3.8, 4) is 5.75 Å². The van der Waals surface area contributed by atoms with Gasteiger partial charge in [-0.05, 0) is 141 Å². The molecule has 4 aliphatic carbocycles. The Morgan fingerprint density at radius 2 is 1.77 bits per heavy atom. The van der Waals surface area contributed by atoms with Crippen molar-refractivity contribution in [2.45, 2.75) is 109 Å². The first-order valence-corrected chi connectivity index (χ1v) is 19.9. The number of phenolic OH excluding ortho intramolecular Hbond substituents is 1. The lowest BCUT2D eigenvalue weighted by atomic mass is 9.49. The van der Waals surface area contributed by atoms with E-state index in [1.807, 2.05) is 13.8 Å². The number of hydrogen-bond donors (Lipinski definition) is 6. The summed E-state index contributed by atoms with van der Waals surface area (Å²) >= 11 is 0. The smallest absolute Gasteiger partial charge is 0.249 e. The van der Waals surface area contributed by atoms with E-state index in [0.717, 1.165) is 51.9 Å². The molecule has 3 aromatic heterocycles. The SMILES string of the molecule is Cc1cc(O)cc(C)c1CC(NC(=O)C(N)CCCn1ccnc1N)C(=O)NC(Cc1c[nH]c2ccc(F)cc12)c1nc(CC23CC4CC(CC(C4)C2)C3)no1. The number of fused-ring (bicyclic) bond motifs is 1. The Balaban J connectivity index is 1.05. The first-order valence-electron chi connectivity index (χ1n) is 19.9. The number of aromatic amines is 1. The van der Waals surface area contributed by atoms with Crippen LogP contribution in [0.4, 0.5) is 10.3 Å². The Bertz CT molecular complexity index is 2170. The van der Waals surface area contributed by atoms with Crippen molar-refractivity contribution in [2.24, 2.45) is 28.9 Å². The Morgan fingerprint density at radius 1 is 1.05 bits per heavy atom.